The van der Waals surface area contributed by atoms with Crippen LogP contribution < -0.4 is 5.32 Å². The van der Waals surface area contributed by atoms with E-state index in [-0.39, 0.29) is 0 Å². The monoisotopic (exact) mass is 159 g/mol. The number of ether oxygens (including phenoxy) is 1. The van der Waals surface area contributed by atoms with E-state index in [2.05, 4.69) is 26.1 Å². The molecule has 0 heterocycles. The number of hydrogen-bond acceptors (Lipinski definition) is 2. The second kappa shape index (κ2) is 6.62. The van der Waals surface area contributed by atoms with E-state index in [4.69, 9.17) is 4.74 Å². The first-order valence-corrected chi connectivity index (χ1v) is 4.41. The highest BCUT2D eigenvalue weighted by atomic mass is 16.5. The molecule has 68 valence electrons. The molecule has 0 rings (SSSR count). The Morgan fingerprint density at radius 1 is 1.27 bits per heavy atom. The van der Waals surface area contributed by atoms with Crippen molar-refractivity contribution in [1.29, 1.82) is 0 Å². The van der Waals surface area contributed by atoms with Crippen molar-refractivity contribution < 1.29 is 4.74 Å². The Bertz CT molecular complexity index is 83.6. The molecular weight excluding hydrogens is 138 g/mol. The first-order valence-electron chi connectivity index (χ1n) is 4.41. The molecule has 0 saturated heterocycles. The zero-order chi connectivity index (χ0) is 8.69. The minimum absolute atomic E-state index is 0.571. The second-order valence-corrected chi connectivity index (χ2v) is 3.45. The van der Waals surface area contributed by atoms with Gasteiger partial charge in [0.15, 0.2) is 0 Å². The Morgan fingerprint density at radius 3 is 2.36 bits per heavy atom. The van der Waals surface area contributed by atoms with E-state index < -0.39 is 0 Å². The molecule has 0 fully saturated rings. The van der Waals surface area contributed by atoms with Crippen LogP contribution in [0.4, 0.5) is 0 Å². The van der Waals surface area contributed by atoms with Gasteiger partial charge in [-0.25, -0.2) is 0 Å². The normalized spacial score (nSPS) is 13.9. The van der Waals surface area contributed by atoms with Crippen molar-refractivity contribution in [1.82, 2.24) is 5.32 Å². The Hall–Kier alpha value is -0.0800. The molecule has 0 bridgehead atoms. The Morgan fingerprint density at radius 2 is 1.91 bits per heavy atom. The highest BCUT2D eigenvalue weighted by molar-refractivity contribution is 4.55. The van der Waals surface area contributed by atoms with E-state index in [0.717, 1.165) is 19.6 Å². The predicted octanol–water partition coefficient (Wildman–Crippen LogP) is 1.66. The molecule has 0 aromatic rings. The van der Waals surface area contributed by atoms with Gasteiger partial charge in [-0.3, -0.25) is 0 Å². The average molecular weight is 159 g/mol. The topological polar surface area (TPSA) is 21.3 Å². The van der Waals surface area contributed by atoms with Crippen molar-refractivity contribution in [3.05, 3.63) is 0 Å². The van der Waals surface area contributed by atoms with Crippen molar-refractivity contribution in [2.24, 2.45) is 5.92 Å². The fourth-order valence-electron chi connectivity index (χ4n) is 0.723. The smallest absolute Gasteiger partial charge is 0.0489 e. The summed E-state index contributed by atoms with van der Waals surface area (Å²) >= 11 is 0. The molecule has 1 N–H and O–H groups in total. The van der Waals surface area contributed by atoms with Crippen LogP contribution in [-0.2, 0) is 4.74 Å². The summed E-state index contributed by atoms with van der Waals surface area (Å²) in [7, 11) is 1.98. The summed E-state index contributed by atoms with van der Waals surface area (Å²) < 4.78 is 5.43. The standard InChI is InChI=1S/C9H21NO/c1-8(2)7-11-6-5-9(3)10-4/h8-10H,5-7H2,1-4H3. The summed E-state index contributed by atoms with van der Waals surface area (Å²) in [5.41, 5.74) is 0. The first-order chi connectivity index (χ1) is 5.16. The molecule has 0 aliphatic carbocycles. The van der Waals surface area contributed by atoms with Crippen molar-refractivity contribution in [2.75, 3.05) is 20.3 Å². The van der Waals surface area contributed by atoms with Gasteiger partial charge in [0.05, 0.1) is 0 Å². The van der Waals surface area contributed by atoms with Crippen LogP contribution in [0.3, 0.4) is 0 Å². The van der Waals surface area contributed by atoms with E-state index in [0.29, 0.717) is 12.0 Å². The molecule has 0 radical (unpaired) electrons. The van der Waals surface area contributed by atoms with Gasteiger partial charge < -0.3 is 10.1 Å². The van der Waals surface area contributed by atoms with E-state index in [1.807, 2.05) is 7.05 Å². The highest BCUT2D eigenvalue weighted by Gasteiger charge is 1.98. The summed E-state index contributed by atoms with van der Waals surface area (Å²) in [5, 5.41) is 3.17. The highest BCUT2D eigenvalue weighted by Crippen LogP contribution is 1.95. The van der Waals surface area contributed by atoms with Gasteiger partial charge in [-0.1, -0.05) is 13.8 Å². The molecule has 2 heteroatoms. The largest absolute Gasteiger partial charge is 0.381 e. The SMILES string of the molecule is CNC(C)CCOCC(C)C. The minimum Gasteiger partial charge on any atom is -0.381 e. The van der Waals surface area contributed by atoms with Crippen LogP contribution in [0.2, 0.25) is 0 Å². The quantitative estimate of drug-likeness (QED) is 0.595. The third-order valence-electron chi connectivity index (χ3n) is 1.64. The van der Waals surface area contributed by atoms with E-state index in [9.17, 15) is 0 Å². The third-order valence-corrected chi connectivity index (χ3v) is 1.64. The predicted molar refractivity (Wildman–Crippen MR) is 48.8 cm³/mol. The van der Waals surface area contributed by atoms with Crippen LogP contribution in [0.5, 0.6) is 0 Å². The maximum Gasteiger partial charge on any atom is 0.0489 e. The lowest BCUT2D eigenvalue weighted by atomic mass is 10.2. The van der Waals surface area contributed by atoms with Crippen LogP contribution in [0.25, 0.3) is 0 Å². The molecule has 0 aliphatic rings. The average Bonchev–Trinajstić information content (AvgIpc) is 1.97. The van der Waals surface area contributed by atoms with E-state index >= 15 is 0 Å². The Kier molecular flexibility index (Phi) is 6.57. The molecule has 0 aromatic carbocycles. The van der Waals surface area contributed by atoms with Crippen molar-refractivity contribution in [3.8, 4) is 0 Å². The summed E-state index contributed by atoms with van der Waals surface area (Å²) in [5.74, 6) is 0.653. The third kappa shape index (κ3) is 7.82. The summed E-state index contributed by atoms with van der Waals surface area (Å²) in [6, 6.07) is 0.571. The van der Waals surface area contributed by atoms with Gasteiger partial charge in [0.2, 0.25) is 0 Å². The summed E-state index contributed by atoms with van der Waals surface area (Å²) in [6.45, 7) is 8.26. The van der Waals surface area contributed by atoms with Gasteiger partial charge in [0.25, 0.3) is 0 Å². The zero-order valence-electron chi connectivity index (χ0n) is 8.18. The van der Waals surface area contributed by atoms with Crippen molar-refractivity contribution in [2.45, 2.75) is 33.2 Å². The molecule has 1 unspecified atom stereocenters. The van der Waals surface area contributed by atoms with Crippen molar-refractivity contribution >= 4 is 0 Å². The molecule has 0 saturated carbocycles. The fourth-order valence-corrected chi connectivity index (χ4v) is 0.723. The van der Waals surface area contributed by atoms with Crippen LogP contribution in [0, 0.1) is 5.92 Å². The molecule has 1 atom stereocenters. The first kappa shape index (κ1) is 10.9. The molecule has 0 aliphatic heterocycles. The van der Waals surface area contributed by atoms with E-state index in [1.165, 1.54) is 0 Å². The van der Waals surface area contributed by atoms with Gasteiger partial charge in [-0.2, -0.15) is 0 Å². The second-order valence-electron chi connectivity index (χ2n) is 3.45. The minimum atomic E-state index is 0.571. The maximum atomic E-state index is 5.43. The maximum absolute atomic E-state index is 5.43. The van der Waals surface area contributed by atoms with Crippen LogP contribution in [0.15, 0.2) is 0 Å². The molecule has 2 nitrogen and oxygen atoms in total. The summed E-state index contributed by atoms with van der Waals surface area (Å²) in [6.07, 6.45) is 1.10. The van der Waals surface area contributed by atoms with Gasteiger partial charge in [-0.15, -0.1) is 0 Å². The van der Waals surface area contributed by atoms with E-state index in [1.54, 1.807) is 0 Å². The van der Waals surface area contributed by atoms with Crippen LogP contribution >= 0.6 is 0 Å². The Balaban J connectivity index is 3.01. The van der Waals surface area contributed by atoms with Gasteiger partial charge in [-0.05, 0) is 26.3 Å². The summed E-state index contributed by atoms with van der Waals surface area (Å²) in [4.78, 5) is 0. The number of nitrogens with one attached hydrogen (secondary N) is 1. The Labute approximate surface area is 70.3 Å². The van der Waals surface area contributed by atoms with Gasteiger partial charge >= 0.3 is 0 Å². The lowest BCUT2D eigenvalue weighted by Gasteiger charge is -2.11. The molecule has 0 amide bonds. The number of rotatable bonds is 6. The van der Waals surface area contributed by atoms with Crippen molar-refractivity contribution in [3.63, 3.8) is 0 Å². The fraction of sp³-hybridized carbons (Fsp3) is 1.00. The molecule has 11 heavy (non-hydrogen) atoms. The molecule has 0 aromatic heterocycles. The van der Waals surface area contributed by atoms with Crippen LogP contribution in [-0.4, -0.2) is 26.3 Å². The lowest BCUT2D eigenvalue weighted by Crippen LogP contribution is -2.23. The lowest BCUT2D eigenvalue weighted by molar-refractivity contribution is 0.103. The zero-order valence-corrected chi connectivity index (χ0v) is 8.18. The van der Waals surface area contributed by atoms with Gasteiger partial charge in [0, 0.05) is 19.3 Å². The molecular formula is C9H21NO. The number of hydrogen-bond donors (Lipinski definition) is 1. The van der Waals surface area contributed by atoms with Gasteiger partial charge in [0.1, 0.15) is 0 Å². The van der Waals surface area contributed by atoms with Crippen LogP contribution in [0.1, 0.15) is 27.2 Å². The molecule has 0 spiro atoms.